The number of nitrogens with zero attached hydrogens (tertiary/aromatic N) is 1. The molecule has 0 aliphatic carbocycles. The van der Waals surface area contributed by atoms with E-state index in [1.54, 1.807) is 0 Å². The summed E-state index contributed by atoms with van der Waals surface area (Å²) in [7, 11) is 0. The molecular formula is C24H51ClN2O. The highest BCUT2D eigenvalue weighted by molar-refractivity contribution is 5.75. The zero-order valence-electron chi connectivity index (χ0n) is 19.7. The van der Waals surface area contributed by atoms with Gasteiger partial charge in [0, 0.05) is 6.42 Å². The summed E-state index contributed by atoms with van der Waals surface area (Å²) in [5.74, 6) is 0.250. The van der Waals surface area contributed by atoms with Crippen molar-refractivity contribution >= 4 is 5.91 Å². The van der Waals surface area contributed by atoms with Gasteiger partial charge in [-0.25, -0.2) is 0 Å². The number of carbonyl (C=O) groups is 1. The van der Waals surface area contributed by atoms with Gasteiger partial charge in [0.25, 0.3) is 0 Å². The van der Waals surface area contributed by atoms with E-state index in [1.165, 1.54) is 77.0 Å². The molecule has 0 aromatic rings. The molecule has 0 fully saturated rings. The van der Waals surface area contributed by atoms with E-state index in [1.807, 2.05) is 0 Å². The van der Waals surface area contributed by atoms with Gasteiger partial charge >= 0.3 is 0 Å². The predicted octanol–water partition coefficient (Wildman–Crippen LogP) is 3.46. The Kier molecular flexibility index (Phi) is 22.9. The van der Waals surface area contributed by atoms with Gasteiger partial charge in [0.2, 0.25) is 5.91 Å². The van der Waals surface area contributed by atoms with Gasteiger partial charge in [-0.1, -0.05) is 84.0 Å². The quantitative estimate of drug-likeness (QED) is 0.238. The molecule has 170 valence electrons. The highest BCUT2D eigenvalue weighted by Crippen LogP contribution is 2.13. The van der Waals surface area contributed by atoms with E-state index in [9.17, 15) is 4.79 Å². The van der Waals surface area contributed by atoms with Crippen molar-refractivity contribution in [3.8, 4) is 0 Å². The van der Waals surface area contributed by atoms with E-state index >= 15 is 0 Å². The van der Waals surface area contributed by atoms with Crippen LogP contribution < -0.4 is 17.7 Å². The number of hydrogen-bond donors (Lipinski definition) is 1. The Morgan fingerprint density at radius 2 is 1.04 bits per heavy atom. The maximum atomic E-state index is 12.0. The first kappa shape index (κ1) is 29.9. The molecule has 0 rings (SSSR count). The fraction of sp³-hybridized carbons (Fsp3) is 0.958. The summed E-state index contributed by atoms with van der Waals surface area (Å²) < 4.78 is 1.11. The van der Waals surface area contributed by atoms with Crippen LogP contribution in [0.2, 0.25) is 0 Å². The summed E-state index contributed by atoms with van der Waals surface area (Å²) in [6, 6.07) is 0. The summed E-state index contributed by atoms with van der Waals surface area (Å²) in [5, 5.41) is 3.13. The molecular weight excluding hydrogens is 368 g/mol. The van der Waals surface area contributed by atoms with E-state index in [-0.39, 0.29) is 18.3 Å². The Labute approximate surface area is 183 Å². The second-order valence-electron chi connectivity index (χ2n) is 8.36. The minimum absolute atomic E-state index is 0. The molecule has 3 nitrogen and oxygen atoms in total. The normalized spacial score (nSPS) is 11.3. The lowest BCUT2D eigenvalue weighted by molar-refractivity contribution is -0.922. The minimum Gasteiger partial charge on any atom is -1.00 e. The number of rotatable bonds is 20. The lowest BCUT2D eigenvalue weighted by Gasteiger charge is -2.35. The first-order chi connectivity index (χ1) is 13.1. The molecule has 1 N–H and O–H groups in total. The molecule has 4 heteroatoms. The van der Waals surface area contributed by atoms with Crippen LogP contribution in [0.25, 0.3) is 0 Å². The van der Waals surface area contributed by atoms with E-state index in [0.717, 1.165) is 43.6 Å². The first-order valence-corrected chi connectivity index (χ1v) is 12.3. The van der Waals surface area contributed by atoms with Gasteiger partial charge in [0.1, 0.15) is 0 Å². The van der Waals surface area contributed by atoms with Gasteiger partial charge in [0.15, 0.2) is 0 Å². The Hall–Kier alpha value is -0.280. The molecule has 0 radical (unpaired) electrons. The van der Waals surface area contributed by atoms with Crippen molar-refractivity contribution in [2.75, 3.05) is 32.7 Å². The predicted molar refractivity (Wildman–Crippen MR) is 120 cm³/mol. The molecule has 0 aliphatic heterocycles. The maximum Gasteiger partial charge on any atom is 0.220 e. The Balaban J connectivity index is 0. The van der Waals surface area contributed by atoms with Crippen molar-refractivity contribution in [1.82, 2.24) is 5.32 Å². The Morgan fingerprint density at radius 1 is 0.643 bits per heavy atom. The number of amides is 1. The van der Waals surface area contributed by atoms with Gasteiger partial charge < -0.3 is 22.2 Å². The van der Waals surface area contributed by atoms with Gasteiger partial charge in [-0.15, -0.1) is 0 Å². The topological polar surface area (TPSA) is 29.1 Å². The van der Waals surface area contributed by atoms with Crippen LogP contribution in [0.1, 0.15) is 118 Å². The molecule has 0 spiro atoms. The molecule has 0 saturated heterocycles. The van der Waals surface area contributed by atoms with Crippen molar-refractivity contribution in [3.05, 3.63) is 0 Å². The molecule has 0 atom stereocenters. The molecule has 0 bridgehead atoms. The summed E-state index contributed by atoms with van der Waals surface area (Å²) in [6.45, 7) is 14.4. The highest BCUT2D eigenvalue weighted by Gasteiger charge is 2.20. The van der Waals surface area contributed by atoms with Gasteiger partial charge in [-0.2, -0.15) is 0 Å². The number of quaternary nitrogens is 1. The molecule has 28 heavy (non-hydrogen) atoms. The third-order valence-electron chi connectivity index (χ3n) is 6.43. The van der Waals surface area contributed by atoms with Crippen LogP contribution in [0.4, 0.5) is 0 Å². The van der Waals surface area contributed by atoms with Crippen molar-refractivity contribution in [2.45, 2.75) is 118 Å². The van der Waals surface area contributed by atoms with Crippen molar-refractivity contribution in [1.29, 1.82) is 0 Å². The van der Waals surface area contributed by atoms with Crippen LogP contribution in [0.15, 0.2) is 0 Å². The summed E-state index contributed by atoms with van der Waals surface area (Å²) in [4.78, 5) is 12.0. The lowest BCUT2D eigenvalue weighted by Crippen LogP contribution is -3.00. The van der Waals surface area contributed by atoms with Gasteiger partial charge in [0.05, 0.1) is 32.7 Å². The molecule has 0 aliphatic rings. The van der Waals surface area contributed by atoms with Crippen LogP contribution in [-0.4, -0.2) is 43.1 Å². The molecule has 1 amide bonds. The van der Waals surface area contributed by atoms with Crippen LogP contribution in [-0.2, 0) is 4.79 Å². The second kappa shape index (κ2) is 21.4. The van der Waals surface area contributed by atoms with Crippen LogP contribution in [0.3, 0.4) is 0 Å². The second-order valence-corrected chi connectivity index (χ2v) is 8.36. The van der Waals surface area contributed by atoms with Gasteiger partial charge in [-0.05, 0) is 27.2 Å². The average molecular weight is 419 g/mol. The average Bonchev–Trinajstić information content (AvgIpc) is 2.69. The lowest BCUT2D eigenvalue weighted by atomic mass is 10.0. The van der Waals surface area contributed by atoms with Gasteiger partial charge in [-0.3, -0.25) is 4.79 Å². The Bertz CT molecular complexity index is 324. The zero-order chi connectivity index (χ0) is 20.2. The monoisotopic (exact) mass is 418 g/mol. The van der Waals surface area contributed by atoms with E-state index in [4.69, 9.17) is 0 Å². The Morgan fingerprint density at radius 3 is 1.43 bits per heavy atom. The van der Waals surface area contributed by atoms with E-state index < -0.39 is 0 Å². The van der Waals surface area contributed by atoms with Crippen molar-refractivity contribution in [2.24, 2.45) is 0 Å². The number of carbonyl (C=O) groups excluding carboxylic acids is 1. The minimum atomic E-state index is 0. The SMILES string of the molecule is CCCCCCCCCCCCCCCC(=O)NCC[N+](CC)(CC)CC.[Cl-]. The number of hydrogen-bond acceptors (Lipinski definition) is 1. The number of likely N-dealkylation sites (N-methyl/N-ethyl adjacent to an activating group) is 1. The molecule has 0 unspecified atom stereocenters. The summed E-state index contributed by atoms with van der Waals surface area (Å²) in [5.41, 5.74) is 0. The largest absolute Gasteiger partial charge is 1.00 e. The molecule has 0 heterocycles. The third kappa shape index (κ3) is 16.7. The molecule has 0 aromatic heterocycles. The van der Waals surface area contributed by atoms with Crippen LogP contribution in [0.5, 0.6) is 0 Å². The third-order valence-corrected chi connectivity index (χ3v) is 6.43. The molecule has 0 aromatic carbocycles. The fourth-order valence-electron chi connectivity index (χ4n) is 3.97. The number of halogens is 1. The van der Waals surface area contributed by atoms with Crippen molar-refractivity contribution < 1.29 is 21.7 Å². The maximum absolute atomic E-state index is 12.0. The number of nitrogens with one attached hydrogen (secondary N) is 1. The van der Waals surface area contributed by atoms with E-state index in [0.29, 0.717) is 6.42 Å². The van der Waals surface area contributed by atoms with Crippen molar-refractivity contribution in [3.63, 3.8) is 0 Å². The number of unbranched alkanes of at least 4 members (excludes halogenated alkanes) is 12. The van der Waals surface area contributed by atoms with Crippen LogP contribution in [0, 0.1) is 0 Å². The fourth-order valence-corrected chi connectivity index (χ4v) is 3.97. The van der Waals surface area contributed by atoms with Crippen LogP contribution >= 0.6 is 0 Å². The summed E-state index contributed by atoms with van der Waals surface area (Å²) in [6.07, 6.45) is 18.3. The smallest absolute Gasteiger partial charge is 0.220 e. The summed E-state index contributed by atoms with van der Waals surface area (Å²) >= 11 is 0. The standard InChI is InChI=1S/C24H50N2O.ClH/c1-5-9-10-11-12-13-14-15-16-17-18-19-20-21-24(27)25-22-23-26(6-2,7-3)8-4;/h5-23H2,1-4H3;1H. The zero-order valence-corrected chi connectivity index (χ0v) is 20.4. The first-order valence-electron chi connectivity index (χ1n) is 12.3. The van der Waals surface area contributed by atoms with E-state index in [2.05, 4.69) is 33.0 Å². The molecule has 0 saturated carbocycles. The highest BCUT2D eigenvalue weighted by atomic mass is 35.5.